The van der Waals surface area contributed by atoms with E-state index in [9.17, 15) is 12.8 Å². The second-order valence-electron chi connectivity index (χ2n) is 3.63. The molecule has 0 aliphatic rings. The maximum atomic E-state index is 13.3. The van der Waals surface area contributed by atoms with Crippen LogP contribution in [0.25, 0.3) is 0 Å². The minimum atomic E-state index is -3.89. The first-order valence-corrected chi connectivity index (χ1v) is 6.25. The van der Waals surface area contributed by atoms with Gasteiger partial charge in [-0.15, -0.1) is 0 Å². The normalized spacial score (nSPS) is 13.8. The Labute approximate surface area is 94.2 Å². The molecule has 0 spiro atoms. The van der Waals surface area contributed by atoms with E-state index in [-0.39, 0.29) is 6.54 Å². The second kappa shape index (κ2) is 4.90. The molecule has 1 atom stereocenters. The number of aryl methyl sites for hydroxylation is 1. The number of aliphatic hydroxyl groups excluding tert-OH is 1. The van der Waals surface area contributed by atoms with Gasteiger partial charge in [-0.3, -0.25) is 0 Å². The Morgan fingerprint density at radius 1 is 1.50 bits per heavy atom. The second-order valence-corrected chi connectivity index (χ2v) is 5.37. The van der Waals surface area contributed by atoms with Gasteiger partial charge in [0, 0.05) is 6.54 Å². The first-order chi connectivity index (χ1) is 7.33. The number of halogens is 1. The minimum absolute atomic E-state index is 0.143. The first kappa shape index (κ1) is 13.1. The van der Waals surface area contributed by atoms with E-state index in [4.69, 9.17) is 5.11 Å². The van der Waals surface area contributed by atoms with Gasteiger partial charge in [-0.2, -0.15) is 0 Å². The predicted octanol–water partition coefficient (Wildman–Crippen LogP) is 0.793. The summed E-state index contributed by atoms with van der Waals surface area (Å²) < 4.78 is 38.7. The maximum absolute atomic E-state index is 13.3. The zero-order valence-corrected chi connectivity index (χ0v) is 9.88. The first-order valence-electron chi connectivity index (χ1n) is 4.77. The number of nitrogens with one attached hydrogen (secondary N) is 1. The Balaban J connectivity index is 3.02. The average Bonchev–Trinajstić information content (AvgIpc) is 2.19. The van der Waals surface area contributed by atoms with Crippen molar-refractivity contribution in [2.75, 3.05) is 6.54 Å². The molecule has 0 aromatic heterocycles. The van der Waals surface area contributed by atoms with Crippen LogP contribution in [0.5, 0.6) is 0 Å². The number of aliphatic hydroxyl groups is 1. The van der Waals surface area contributed by atoms with Gasteiger partial charge in [0.25, 0.3) is 0 Å². The molecule has 4 nitrogen and oxygen atoms in total. The van der Waals surface area contributed by atoms with Crippen LogP contribution in [0.15, 0.2) is 23.1 Å². The summed E-state index contributed by atoms with van der Waals surface area (Å²) in [6, 6.07) is 3.84. The summed E-state index contributed by atoms with van der Waals surface area (Å²) in [5.74, 6) is -0.802. The van der Waals surface area contributed by atoms with Crippen LogP contribution in [0.2, 0.25) is 0 Å². The van der Waals surface area contributed by atoms with E-state index in [0.717, 1.165) is 6.07 Å². The van der Waals surface area contributed by atoms with Crippen LogP contribution in [-0.2, 0) is 10.0 Å². The third-order valence-corrected chi connectivity index (χ3v) is 3.38. The average molecular weight is 247 g/mol. The molecule has 0 heterocycles. The summed E-state index contributed by atoms with van der Waals surface area (Å²) in [5.41, 5.74) is 0.652. The van der Waals surface area contributed by atoms with E-state index in [1.165, 1.54) is 19.1 Å². The lowest BCUT2D eigenvalue weighted by Crippen LogP contribution is -2.31. The van der Waals surface area contributed by atoms with Crippen LogP contribution in [0, 0.1) is 12.7 Å². The molecule has 0 saturated heterocycles. The molecule has 90 valence electrons. The fourth-order valence-electron chi connectivity index (χ4n) is 1.12. The molecule has 1 aromatic rings. The van der Waals surface area contributed by atoms with Crippen LogP contribution >= 0.6 is 0 Å². The number of hydrogen-bond acceptors (Lipinski definition) is 3. The topological polar surface area (TPSA) is 66.4 Å². The summed E-state index contributed by atoms with van der Waals surface area (Å²) in [6.45, 7) is 2.97. The smallest absolute Gasteiger partial charge is 0.243 e. The van der Waals surface area contributed by atoms with E-state index in [2.05, 4.69) is 4.72 Å². The number of rotatable bonds is 4. The lowest BCUT2D eigenvalue weighted by atomic mass is 10.2. The fraction of sp³-hybridized carbons (Fsp3) is 0.400. The molecule has 0 unspecified atom stereocenters. The highest BCUT2D eigenvalue weighted by Gasteiger charge is 2.19. The number of sulfonamides is 1. The standard InChI is InChI=1S/C10H14FNO3S/c1-7-3-4-9(11)10(5-7)16(14,15)12-6-8(2)13/h3-5,8,12-13H,6H2,1-2H3/t8-/m0/s1. The molecule has 1 aromatic carbocycles. The van der Waals surface area contributed by atoms with Gasteiger partial charge in [0.2, 0.25) is 10.0 Å². The molecular formula is C10H14FNO3S. The Morgan fingerprint density at radius 3 is 2.69 bits per heavy atom. The van der Waals surface area contributed by atoms with Crippen LogP contribution in [0.3, 0.4) is 0 Å². The minimum Gasteiger partial charge on any atom is -0.392 e. The molecule has 16 heavy (non-hydrogen) atoms. The molecule has 1 rings (SSSR count). The highest BCUT2D eigenvalue weighted by molar-refractivity contribution is 7.89. The predicted molar refractivity (Wildman–Crippen MR) is 58.0 cm³/mol. The molecule has 0 fully saturated rings. The van der Waals surface area contributed by atoms with Crippen molar-refractivity contribution in [3.8, 4) is 0 Å². The Hall–Kier alpha value is -0.980. The SMILES string of the molecule is Cc1ccc(F)c(S(=O)(=O)NC[C@H](C)O)c1. The summed E-state index contributed by atoms with van der Waals surface area (Å²) in [7, 11) is -3.89. The molecule has 0 saturated carbocycles. The van der Waals surface area contributed by atoms with E-state index < -0.39 is 26.8 Å². The molecule has 0 aliphatic heterocycles. The van der Waals surface area contributed by atoms with Crippen LogP contribution in [-0.4, -0.2) is 26.2 Å². The molecule has 0 radical (unpaired) electrons. The van der Waals surface area contributed by atoms with E-state index in [1.807, 2.05) is 0 Å². The lowest BCUT2D eigenvalue weighted by molar-refractivity contribution is 0.198. The monoisotopic (exact) mass is 247 g/mol. The Morgan fingerprint density at radius 2 is 2.12 bits per heavy atom. The number of benzene rings is 1. The van der Waals surface area contributed by atoms with Crippen LogP contribution in [0.1, 0.15) is 12.5 Å². The zero-order valence-electron chi connectivity index (χ0n) is 9.07. The van der Waals surface area contributed by atoms with Gasteiger partial charge >= 0.3 is 0 Å². The highest BCUT2D eigenvalue weighted by Crippen LogP contribution is 2.15. The van der Waals surface area contributed by atoms with Crippen molar-refractivity contribution in [1.29, 1.82) is 0 Å². The van der Waals surface area contributed by atoms with Crippen molar-refractivity contribution < 1.29 is 17.9 Å². The van der Waals surface area contributed by atoms with Crippen molar-refractivity contribution in [3.63, 3.8) is 0 Å². The van der Waals surface area contributed by atoms with Gasteiger partial charge in [-0.1, -0.05) is 6.07 Å². The molecule has 2 N–H and O–H groups in total. The molecule has 0 aliphatic carbocycles. The van der Waals surface area contributed by atoms with Crippen molar-refractivity contribution in [2.24, 2.45) is 0 Å². The highest BCUT2D eigenvalue weighted by atomic mass is 32.2. The van der Waals surface area contributed by atoms with Gasteiger partial charge in [0.15, 0.2) is 0 Å². The third-order valence-electron chi connectivity index (χ3n) is 1.94. The third kappa shape index (κ3) is 3.26. The molecule has 0 amide bonds. The molecule has 6 heteroatoms. The van der Waals surface area contributed by atoms with E-state index >= 15 is 0 Å². The summed E-state index contributed by atoms with van der Waals surface area (Å²) in [6.07, 6.45) is -0.817. The van der Waals surface area contributed by atoms with Crippen molar-refractivity contribution in [3.05, 3.63) is 29.6 Å². The van der Waals surface area contributed by atoms with E-state index in [1.54, 1.807) is 6.92 Å². The van der Waals surface area contributed by atoms with Crippen molar-refractivity contribution >= 4 is 10.0 Å². The largest absolute Gasteiger partial charge is 0.392 e. The van der Waals surface area contributed by atoms with Crippen molar-refractivity contribution in [1.82, 2.24) is 4.72 Å². The van der Waals surface area contributed by atoms with Crippen LogP contribution in [0.4, 0.5) is 4.39 Å². The van der Waals surface area contributed by atoms with E-state index in [0.29, 0.717) is 5.56 Å². The van der Waals surface area contributed by atoms with Gasteiger partial charge in [-0.05, 0) is 31.5 Å². The zero-order chi connectivity index (χ0) is 12.3. The lowest BCUT2D eigenvalue weighted by Gasteiger charge is -2.09. The van der Waals surface area contributed by atoms with Gasteiger partial charge < -0.3 is 5.11 Å². The Bertz CT molecular complexity index is 471. The maximum Gasteiger partial charge on any atom is 0.243 e. The summed E-state index contributed by atoms with van der Waals surface area (Å²) >= 11 is 0. The summed E-state index contributed by atoms with van der Waals surface area (Å²) in [5, 5.41) is 8.97. The molecule has 0 bridgehead atoms. The van der Waals surface area contributed by atoms with Gasteiger partial charge in [0.1, 0.15) is 10.7 Å². The number of hydrogen-bond donors (Lipinski definition) is 2. The quantitative estimate of drug-likeness (QED) is 0.826. The Kier molecular flexibility index (Phi) is 4.01. The fourth-order valence-corrected chi connectivity index (χ4v) is 2.41. The van der Waals surface area contributed by atoms with Gasteiger partial charge in [0.05, 0.1) is 6.10 Å². The van der Waals surface area contributed by atoms with Crippen LogP contribution < -0.4 is 4.72 Å². The van der Waals surface area contributed by atoms with Gasteiger partial charge in [-0.25, -0.2) is 17.5 Å². The van der Waals surface area contributed by atoms with Crippen molar-refractivity contribution in [2.45, 2.75) is 24.8 Å². The summed E-state index contributed by atoms with van der Waals surface area (Å²) in [4.78, 5) is -0.395. The molecular weight excluding hydrogens is 233 g/mol.